The number of nitrogens with zero attached hydrogens (tertiary/aromatic N) is 1. The molecule has 0 unspecified atom stereocenters. The number of amides is 1. The van der Waals surface area contributed by atoms with Crippen molar-refractivity contribution in [2.75, 3.05) is 20.2 Å². The number of primary amides is 1. The zero-order valence-electron chi connectivity index (χ0n) is 15.2. The fourth-order valence-corrected chi connectivity index (χ4v) is 6.28. The van der Waals surface area contributed by atoms with E-state index in [4.69, 9.17) is 10.5 Å². The second-order valence-electron chi connectivity index (χ2n) is 7.86. The van der Waals surface area contributed by atoms with E-state index in [1.165, 1.54) is 4.31 Å². The van der Waals surface area contributed by atoms with Gasteiger partial charge in [-0.3, -0.25) is 4.79 Å². The van der Waals surface area contributed by atoms with Crippen molar-refractivity contribution in [3.8, 4) is 5.75 Å². The highest BCUT2D eigenvalue weighted by molar-refractivity contribution is 7.89. The van der Waals surface area contributed by atoms with E-state index >= 15 is 0 Å². The van der Waals surface area contributed by atoms with Crippen LogP contribution in [0.15, 0.2) is 23.1 Å². The second-order valence-corrected chi connectivity index (χ2v) is 9.80. The fraction of sp³-hybridized carbons (Fsp3) is 0.611. The summed E-state index contributed by atoms with van der Waals surface area (Å²) in [7, 11) is -2.10. The number of benzene rings is 1. The average molecular weight is 366 g/mol. The molecule has 1 aromatic rings. The van der Waals surface area contributed by atoms with Gasteiger partial charge in [-0.05, 0) is 47.9 Å². The average Bonchev–Trinajstić information content (AvgIpc) is 2.91. The predicted molar refractivity (Wildman–Crippen MR) is 94.6 cm³/mol. The summed E-state index contributed by atoms with van der Waals surface area (Å²) in [6.07, 6.45) is 1.31. The Morgan fingerprint density at radius 3 is 2.56 bits per heavy atom. The molecule has 2 fully saturated rings. The lowest BCUT2D eigenvalue weighted by Crippen LogP contribution is -2.59. The van der Waals surface area contributed by atoms with Gasteiger partial charge in [0.15, 0.2) is 0 Å². The van der Waals surface area contributed by atoms with Crippen molar-refractivity contribution in [1.29, 1.82) is 0 Å². The summed E-state index contributed by atoms with van der Waals surface area (Å²) >= 11 is 0. The van der Waals surface area contributed by atoms with Gasteiger partial charge in [-0.25, -0.2) is 8.42 Å². The zero-order chi connectivity index (χ0) is 18.6. The lowest BCUT2D eigenvalue weighted by molar-refractivity contribution is -0.148. The van der Waals surface area contributed by atoms with Gasteiger partial charge in [0.2, 0.25) is 15.9 Å². The van der Waals surface area contributed by atoms with Crippen LogP contribution in [0, 0.1) is 16.7 Å². The van der Waals surface area contributed by atoms with Gasteiger partial charge in [-0.1, -0.05) is 20.8 Å². The standard InChI is InChI=1S/C18H26N2O4S/c1-5-12-8-13(6-7-14(12)24-4)25(22,23)20-9-15-17(2,3)10-18(15,11-20)16(19)21/h6-8,15H,5,9-11H2,1-4H3,(H2,19,21)/t15-,18+/m1/s1. The molecule has 2 N–H and O–H groups in total. The number of nitrogens with two attached hydrogens (primary N) is 1. The van der Waals surface area contributed by atoms with Crippen LogP contribution < -0.4 is 10.5 Å². The zero-order valence-corrected chi connectivity index (χ0v) is 16.0. The Hall–Kier alpha value is -1.60. The molecule has 25 heavy (non-hydrogen) atoms. The largest absolute Gasteiger partial charge is 0.496 e. The highest BCUT2D eigenvalue weighted by Crippen LogP contribution is 2.63. The summed E-state index contributed by atoms with van der Waals surface area (Å²) in [5.74, 6) is 0.257. The molecule has 2 aliphatic rings. The Kier molecular flexibility index (Phi) is 4.15. The van der Waals surface area contributed by atoms with Gasteiger partial charge >= 0.3 is 0 Å². The maximum atomic E-state index is 13.1. The van der Waals surface area contributed by atoms with Crippen LogP contribution in [0.3, 0.4) is 0 Å². The quantitative estimate of drug-likeness (QED) is 0.860. The summed E-state index contributed by atoms with van der Waals surface area (Å²) in [6.45, 7) is 6.60. The van der Waals surface area contributed by atoms with Gasteiger partial charge in [0, 0.05) is 13.1 Å². The van der Waals surface area contributed by atoms with E-state index in [0.717, 1.165) is 5.56 Å². The molecule has 1 saturated carbocycles. The molecule has 1 heterocycles. The molecule has 1 aliphatic heterocycles. The SMILES string of the molecule is CCc1cc(S(=O)(=O)N2C[C@@H]3C(C)(C)C[C@]3(C(N)=O)C2)ccc1OC. The lowest BCUT2D eigenvalue weighted by Gasteiger charge is -2.54. The van der Waals surface area contributed by atoms with Crippen molar-refractivity contribution in [2.24, 2.45) is 22.5 Å². The van der Waals surface area contributed by atoms with Crippen molar-refractivity contribution < 1.29 is 17.9 Å². The second kappa shape index (κ2) is 5.71. The van der Waals surface area contributed by atoms with E-state index in [2.05, 4.69) is 13.8 Å². The van der Waals surface area contributed by atoms with Crippen LogP contribution in [0.25, 0.3) is 0 Å². The van der Waals surface area contributed by atoms with E-state index in [9.17, 15) is 13.2 Å². The summed E-state index contributed by atoms with van der Waals surface area (Å²) in [5.41, 5.74) is 5.69. The van der Waals surface area contributed by atoms with Crippen molar-refractivity contribution in [3.05, 3.63) is 23.8 Å². The number of aryl methyl sites for hydroxylation is 1. The van der Waals surface area contributed by atoms with E-state index in [1.54, 1.807) is 25.3 Å². The molecule has 6 nitrogen and oxygen atoms in total. The van der Waals surface area contributed by atoms with Crippen LogP contribution in [-0.4, -0.2) is 38.8 Å². The Morgan fingerprint density at radius 2 is 2.08 bits per heavy atom. The monoisotopic (exact) mass is 366 g/mol. The van der Waals surface area contributed by atoms with Crippen molar-refractivity contribution in [1.82, 2.24) is 4.31 Å². The minimum Gasteiger partial charge on any atom is -0.496 e. The molecular formula is C18H26N2O4S. The van der Waals surface area contributed by atoms with Gasteiger partial charge in [-0.15, -0.1) is 0 Å². The minimum absolute atomic E-state index is 0.0313. The number of rotatable bonds is 5. The molecule has 1 amide bonds. The highest BCUT2D eigenvalue weighted by atomic mass is 32.2. The smallest absolute Gasteiger partial charge is 0.243 e. The van der Waals surface area contributed by atoms with Crippen LogP contribution in [0.1, 0.15) is 32.8 Å². The summed E-state index contributed by atoms with van der Waals surface area (Å²) < 4.78 is 33.0. The van der Waals surface area contributed by atoms with Crippen molar-refractivity contribution in [2.45, 2.75) is 38.5 Å². The van der Waals surface area contributed by atoms with Gasteiger partial charge in [0.05, 0.1) is 17.4 Å². The molecule has 0 spiro atoms. The third-order valence-corrected chi connectivity index (χ3v) is 7.80. The number of fused-ring (bicyclic) bond motifs is 1. The summed E-state index contributed by atoms with van der Waals surface area (Å²) in [4.78, 5) is 12.3. The van der Waals surface area contributed by atoms with Crippen LogP contribution >= 0.6 is 0 Å². The maximum absolute atomic E-state index is 13.1. The number of hydrogen-bond donors (Lipinski definition) is 1. The first-order valence-corrected chi connectivity index (χ1v) is 9.99. The number of hydrogen-bond acceptors (Lipinski definition) is 4. The Morgan fingerprint density at radius 1 is 1.40 bits per heavy atom. The highest BCUT2D eigenvalue weighted by Gasteiger charge is 2.67. The van der Waals surface area contributed by atoms with Gasteiger partial charge < -0.3 is 10.5 Å². The van der Waals surface area contributed by atoms with Crippen LogP contribution in [0.4, 0.5) is 0 Å². The Balaban J connectivity index is 1.96. The number of methoxy groups -OCH3 is 1. The molecular weight excluding hydrogens is 340 g/mol. The first-order valence-electron chi connectivity index (χ1n) is 8.55. The lowest BCUT2D eigenvalue weighted by atomic mass is 9.48. The fourth-order valence-electron chi connectivity index (χ4n) is 4.71. The Bertz CT molecular complexity index is 818. The molecule has 138 valence electrons. The molecule has 0 bridgehead atoms. The number of carbonyl (C=O) groups is 1. The molecule has 1 aliphatic carbocycles. The minimum atomic E-state index is -3.67. The molecule has 3 rings (SSSR count). The van der Waals surface area contributed by atoms with Crippen LogP contribution in [0.2, 0.25) is 0 Å². The van der Waals surface area contributed by atoms with Crippen LogP contribution in [-0.2, 0) is 21.2 Å². The normalized spacial score (nSPS) is 28.2. The predicted octanol–water partition coefficient (Wildman–Crippen LogP) is 1.78. The van der Waals surface area contributed by atoms with E-state index in [0.29, 0.717) is 25.1 Å². The summed E-state index contributed by atoms with van der Waals surface area (Å²) in [6, 6.07) is 4.91. The molecule has 0 radical (unpaired) electrons. The van der Waals surface area contributed by atoms with Gasteiger partial charge in [-0.2, -0.15) is 4.31 Å². The van der Waals surface area contributed by atoms with Gasteiger partial charge in [0.1, 0.15) is 5.75 Å². The van der Waals surface area contributed by atoms with Gasteiger partial charge in [0.25, 0.3) is 0 Å². The number of carbonyl (C=O) groups excluding carboxylic acids is 1. The molecule has 2 atom stereocenters. The molecule has 0 aromatic heterocycles. The first kappa shape index (κ1) is 18.2. The number of ether oxygens (including phenoxy) is 1. The molecule has 1 saturated heterocycles. The van der Waals surface area contributed by atoms with Crippen molar-refractivity contribution >= 4 is 15.9 Å². The third kappa shape index (κ3) is 2.56. The topological polar surface area (TPSA) is 89.7 Å². The van der Waals surface area contributed by atoms with E-state index in [1.807, 2.05) is 6.92 Å². The molecule has 7 heteroatoms. The first-order chi connectivity index (χ1) is 11.6. The van der Waals surface area contributed by atoms with E-state index < -0.39 is 21.3 Å². The number of sulfonamides is 1. The summed E-state index contributed by atoms with van der Waals surface area (Å²) in [5, 5.41) is 0. The van der Waals surface area contributed by atoms with E-state index in [-0.39, 0.29) is 22.8 Å². The van der Waals surface area contributed by atoms with Crippen LogP contribution in [0.5, 0.6) is 5.75 Å². The molecule has 1 aromatic carbocycles. The van der Waals surface area contributed by atoms with Crippen molar-refractivity contribution in [3.63, 3.8) is 0 Å². The Labute approximate surface area is 149 Å². The maximum Gasteiger partial charge on any atom is 0.243 e. The third-order valence-electron chi connectivity index (χ3n) is 5.99.